The summed E-state index contributed by atoms with van der Waals surface area (Å²) in [7, 11) is 1.66. The lowest BCUT2D eigenvalue weighted by Gasteiger charge is -2.26. The van der Waals surface area contributed by atoms with E-state index in [1.807, 2.05) is 0 Å². The van der Waals surface area contributed by atoms with Gasteiger partial charge in [0.05, 0.1) is 18.0 Å². The highest BCUT2D eigenvalue weighted by Gasteiger charge is 2.28. The first-order chi connectivity index (χ1) is 12.1. The van der Waals surface area contributed by atoms with Crippen LogP contribution in [0.5, 0.6) is 0 Å². The first-order valence-corrected chi connectivity index (χ1v) is 8.82. The van der Waals surface area contributed by atoms with Crippen molar-refractivity contribution >= 4 is 17.4 Å². The monoisotopic (exact) mass is 348 g/mol. The van der Waals surface area contributed by atoms with Crippen LogP contribution < -0.4 is 11.2 Å². The second-order valence-electron chi connectivity index (χ2n) is 6.84. The van der Waals surface area contributed by atoms with Crippen LogP contribution in [0.15, 0.2) is 16.3 Å². The van der Waals surface area contributed by atoms with Crippen molar-refractivity contribution in [3.05, 3.63) is 17.7 Å². The maximum absolute atomic E-state index is 14.3. The molecule has 2 aliphatic rings. The van der Waals surface area contributed by atoms with Gasteiger partial charge >= 0.3 is 0 Å². The third-order valence-electron chi connectivity index (χ3n) is 4.85. The average Bonchev–Trinajstić information content (AvgIpc) is 3.43. The van der Waals surface area contributed by atoms with Crippen LogP contribution in [0.3, 0.4) is 0 Å². The summed E-state index contributed by atoms with van der Waals surface area (Å²) >= 11 is 0. The van der Waals surface area contributed by atoms with Crippen LogP contribution in [0.4, 0.5) is 10.3 Å². The first kappa shape index (κ1) is 17.7. The van der Waals surface area contributed by atoms with Gasteiger partial charge in [-0.2, -0.15) is 5.10 Å². The highest BCUT2D eigenvalue weighted by Crippen LogP contribution is 2.33. The normalized spacial score (nSPS) is 25.1. The standard InChI is InChI=1S/C17H25FN6O/c1-20-14(8-10-2-3-10)16(24-19)15-13(18)9-21-17(23-15)22-11-4-6-12(25)7-5-11/h9-12,25H,2-8,19H2,1H3,(H,21,22,23). The topological polar surface area (TPSA) is 109 Å². The Balaban J connectivity index is 1.77. The lowest BCUT2D eigenvalue weighted by molar-refractivity contribution is 0.126. The van der Waals surface area contributed by atoms with E-state index in [9.17, 15) is 9.50 Å². The van der Waals surface area contributed by atoms with Crippen LogP contribution in [-0.2, 0) is 0 Å². The largest absolute Gasteiger partial charge is 0.393 e. The molecule has 0 amide bonds. The minimum atomic E-state index is -0.564. The van der Waals surface area contributed by atoms with Gasteiger partial charge in [0.1, 0.15) is 11.4 Å². The van der Waals surface area contributed by atoms with E-state index in [0.717, 1.165) is 51.1 Å². The zero-order chi connectivity index (χ0) is 17.8. The minimum Gasteiger partial charge on any atom is -0.393 e. The number of nitrogens with zero attached hydrogens (tertiary/aromatic N) is 4. The Labute approximate surface area is 146 Å². The van der Waals surface area contributed by atoms with Crippen LogP contribution in [0.2, 0.25) is 0 Å². The number of nitrogens with two attached hydrogens (primary N) is 1. The molecule has 3 rings (SSSR count). The molecule has 7 nitrogen and oxygen atoms in total. The number of nitrogens with one attached hydrogen (secondary N) is 1. The summed E-state index contributed by atoms with van der Waals surface area (Å²) in [5.74, 6) is 5.89. The minimum absolute atomic E-state index is 0.0806. The molecule has 2 fully saturated rings. The van der Waals surface area contributed by atoms with Crippen molar-refractivity contribution in [2.24, 2.45) is 21.9 Å². The predicted molar refractivity (Wildman–Crippen MR) is 95.3 cm³/mol. The highest BCUT2D eigenvalue weighted by molar-refractivity contribution is 6.48. The molecule has 136 valence electrons. The SMILES string of the molecule is CN=C(CC1CC1)C(=NN)c1nc(NC2CCC(O)CC2)ncc1F. The molecule has 0 bridgehead atoms. The molecule has 25 heavy (non-hydrogen) atoms. The maximum Gasteiger partial charge on any atom is 0.223 e. The third kappa shape index (κ3) is 4.50. The van der Waals surface area contributed by atoms with E-state index in [-0.39, 0.29) is 23.6 Å². The molecule has 0 radical (unpaired) electrons. The van der Waals surface area contributed by atoms with Gasteiger partial charge in [-0.1, -0.05) is 0 Å². The number of hydrazone groups is 1. The van der Waals surface area contributed by atoms with Crippen LogP contribution in [0.1, 0.15) is 50.6 Å². The predicted octanol–water partition coefficient (Wildman–Crippen LogP) is 1.86. The number of rotatable bonds is 6. The fourth-order valence-corrected chi connectivity index (χ4v) is 3.17. The van der Waals surface area contributed by atoms with Crippen LogP contribution >= 0.6 is 0 Å². The quantitative estimate of drug-likeness (QED) is 0.413. The zero-order valence-electron chi connectivity index (χ0n) is 14.5. The lowest BCUT2D eigenvalue weighted by atomic mass is 9.93. The summed E-state index contributed by atoms with van der Waals surface area (Å²) in [4.78, 5) is 12.6. The Bertz CT molecular complexity index is 665. The molecule has 2 aliphatic carbocycles. The van der Waals surface area contributed by atoms with Gasteiger partial charge in [-0.25, -0.2) is 14.4 Å². The molecule has 1 aromatic heterocycles. The summed E-state index contributed by atoms with van der Waals surface area (Å²) < 4.78 is 14.3. The maximum atomic E-state index is 14.3. The van der Waals surface area contributed by atoms with E-state index in [4.69, 9.17) is 5.84 Å². The summed E-state index contributed by atoms with van der Waals surface area (Å²) in [6, 6.07) is 0.172. The molecule has 0 saturated heterocycles. The number of aliphatic imine (C=N–C) groups is 1. The van der Waals surface area contributed by atoms with Gasteiger partial charge in [-0.3, -0.25) is 4.99 Å². The number of aliphatic hydroxyl groups excluding tert-OH is 1. The molecule has 1 heterocycles. The molecular formula is C17H25FN6O. The highest BCUT2D eigenvalue weighted by atomic mass is 19.1. The Morgan fingerprint density at radius 1 is 1.32 bits per heavy atom. The Hall–Kier alpha value is -2.09. The first-order valence-electron chi connectivity index (χ1n) is 8.82. The molecule has 0 aromatic carbocycles. The second kappa shape index (κ2) is 7.86. The number of aromatic nitrogens is 2. The molecule has 4 N–H and O–H groups in total. The Morgan fingerprint density at radius 2 is 2.04 bits per heavy atom. The van der Waals surface area contributed by atoms with Crippen molar-refractivity contribution in [3.63, 3.8) is 0 Å². The van der Waals surface area contributed by atoms with Gasteiger partial charge in [0.15, 0.2) is 5.82 Å². The van der Waals surface area contributed by atoms with E-state index in [2.05, 4.69) is 25.4 Å². The molecular weight excluding hydrogens is 323 g/mol. The average molecular weight is 348 g/mol. The van der Waals surface area contributed by atoms with E-state index >= 15 is 0 Å². The summed E-state index contributed by atoms with van der Waals surface area (Å²) in [6.45, 7) is 0. The molecule has 0 atom stereocenters. The molecule has 0 unspecified atom stereocenters. The van der Waals surface area contributed by atoms with Gasteiger partial charge in [-0.05, 0) is 50.9 Å². The van der Waals surface area contributed by atoms with Crippen molar-refractivity contribution in [3.8, 4) is 0 Å². The fraction of sp³-hybridized carbons (Fsp3) is 0.647. The van der Waals surface area contributed by atoms with Crippen molar-refractivity contribution < 1.29 is 9.50 Å². The van der Waals surface area contributed by atoms with Crippen molar-refractivity contribution in [2.75, 3.05) is 12.4 Å². The van der Waals surface area contributed by atoms with Crippen LogP contribution in [0.25, 0.3) is 0 Å². The van der Waals surface area contributed by atoms with E-state index in [0.29, 0.717) is 17.6 Å². The van der Waals surface area contributed by atoms with E-state index in [1.54, 1.807) is 7.05 Å². The second-order valence-corrected chi connectivity index (χ2v) is 6.84. The fourth-order valence-electron chi connectivity index (χ4n) is 3.17. The van der Waals surface area contributed by atoms with Crippen LogP contribution in [-0.4, -0.2) is 45.7 Å². The number of hydrogen-bond donors (Lipinski definition) is 3. The smallest absolute Gasteiger partial charge is 0.223 e. The van der Waals surface area contributed by atoms with Crippen LogP contribution in [0, 0.1) is 11.7 Å². The summed E-state index contributed by atoms with van der Waals surface area (Å²) in [5, 5.41) is 16.6. The summed E-state index contributed by atoms with van der Waals surface area (Å²) in [5.41, 5.74) is 1.04. The molecule has 1 aromatic rings. The van der Waals surface area contributed by atoms with Crippen molar-refractivity contribution in [1.82, 2.24) is 9.97 Å². The van der Waals surface area contributed by atoms with Crippen molar-refractivity contribution in [1.29, 1.82) is 0 Å². The number of anilines is 1. The van der Waals surface area contributed by atoms with Gasteiger partial charge in [0, 0.05) is 13.1 Å². The Kier molecular flexibility index (Phi) is 5.57. The molecule has 0 aliphatic heterocycles. The van der Waals surface area contributed by atoms with Gasteiger partial charge < -0.3 is 16.3 Å². The molecule has 8 heteroatoms. The van der Waals surface area contributed by atoms with Crippen molar-refractivity contribution in [2.45, 2.75) is 57.1 Å². The molecule has 0 spiro atoms. The van der Waals surface area contributed by atoms with Gasteiger partial charge in [0.25, 0.3) is 0 Å². The zero-order valence-corrected chi connectivity index (χ0v) is 14.5. The van der Waals surface area contributed by atoms with E-state index < -0.39 is 5.82 Å². The number of halogens is 1. The number of aliphatic hydroxyl groups is 1. The lowest BCUT2D eigenvalue weighted by Crippen LogP contribution is -2.29. The van der Waals surface area contributed by atoms with Gasteiger partial charge in [-0.15, -0.1) is 0 Å². The molecule has 2 saturated carbocycles. The van der Waals surface area contributed by atoms with E-state index in [1.165, 1.54) is 0 Å². The number of hydrogen-bond acceptors (Lipinski definition) is 7. The van der Waals surface area contributed by atoms with Gasteiger partial charge in [0.2, 0.25) is 5.95 Å². The third-order valence-corrected chi connectivity index (χ3v) is 4.85. The summed E-state index contributed by atoms with van der Waals surface area (Å²) in [6.07, 6.45) is 7.11. The Morgan fingerprint density at radius 3 is 2.64 bits per heavy atom.